The summed E-state index contributed by atoms with van der Waals surface area (Å²) in [6.07, 6.45) is 1.44. The van der Waals surface area contributed by atoms with Crippen molar-refractivity contribution in [2.45, 2.75) is 12.8 Å². The van der Waals surface area contributed by atoms with Crippen LogP contribution >= 0.6 is 23.2 Å². The monoisotopic (exact) mass is 331 g/mol. The molecule has 2 aromatic rings. The number of ketones is 1. The molecule has 1 aliphatic heterocycles. The zero-order valence-electron chi connectivity index (χ0n) is 11.9. The second kappa shape index (κ2) is 6.64. The molecule has 3 rings (SSSR count). The lowest BCUT2D eigenvalue weighted by atomic mass is 9.86. The molecule has 0 spiro atoms. The Balaban J connectivity index is 1.80. The van der Waals surface area contributed by atoms with E-state index in [2.05, 4.69) is 4.99 Å². The van der Waals surface area contributed by atoms with Gasteiger partial charge in [0, 0.05) is 18.0 Å². The first kappa shape index (κ1) is 15.3. The number of nitrogens with zero attached hydrogens (tertiary/aromatic N) is 1. The highest BCUT2D eigenvalue weighted by molar-refractivity contribution is 6.47. The van der Waals surface area contributed by atoms with Gasteiger partial charge < -0.3 is 0 Å². The van der Waals surface area contributed by atoms with Crippen LogP contribution in [0.4, 0.5) is 0 Å². The molecule has 112 valence electrons. The Hall–Kier alpha value is -1.64. The number of aliphatic imine (C=N–C) groups is 1. The number of carbonyl (C=O) groups is 1. The fourth-order valence-electron chi connectivity index (χ4n) is 2.71. The molecule has 0 saturated heterocycles. The van der Waals surface area contributed by atoms with E-state index in [4.69, 9.17) is 23.2 Å². The van der Waals surface area contributed by atoms with E-state index in [-0.39, 0.29) is 11.7 Å². The average Bonchev–Trinajstić information content (AvgIpc) is 2.54. The molecule has 2 nitrogen and oxygen atoms in total. The van der Waals surface area contributed by atoms with Gasteiger partial charge in [-0.2, -0.15) is 0 Å². The number of hydrogen-bond acceptors (Lipinski definition) is 2. The predicted octanol–water partition coefficient (Wildman–Crippen LogP) is 4.61. The summed E-state index contributed by atoms with van der Waals surface area (Å²) in [6, 6.07) is 15.2. The molecule has 1 atom stereocenters. The molecule has 0 amide bonds. The molecule has 1 unspecified atom stereocenters. The van der Waals surface area contributed by atoms with E-state index in [9.17, 15) is 4.79 Å². The van der Waals surface area contributed by atoms with Crippen LogP contribution in [-0.2, 0) is 11.2 Å². The Morgan fingerprint density at radius 3 is 2.55 bits per heavy atom. The molecule has 0 fully saturated rings. The van der Waals surface area contributed by atoms with Gasteiger partial charge in [-0.25, -0.2) is 0 Å². The largest absolute Gasteiger partial charge is 0.292 e. The van der Waals surface area contributed by atoms with E-state index in [1.165, 1.54) is 0 Å². The van der Waals surface area contributed by atoms with Crippen LogP contribution in [0, 0.1) is 5.92 Å². The molecular formula is C18H15Cl2NO. The summed E-state index contributed by atoms with van der Waals surface area (Å²) in [5, 5.41) is 1.06. The summed E-state index contributed by atoms with van der Waals surface area (Å²) in [5.74, 6) is 0.0634. The van der Waals surface area contributed by atoms with E-state index in [1.807, 2.05) is 42.5 Å². The highest BCUT2D eigenvalue weighted by Gasteiger charge is 2.27. The molecule has 2 aromatic carbocycles. The summed E-state index contributed by atoms with van der Waals surface area (Å²) < 4.78 is 0. The number of hydrogen-bond donors (Lipinski definition) is 0. The molecule has 1 aliphatic rings. The van der Waals surface area contributed by atoms with Crippen LogP contribution in [0.5, 0.6) is 0 Å². The van der Waals surface area contributed by atoms with E-state index in [0.717, 1.165) is 17.5 Å². The van der Waals surface area contributed by atoms with Crippen LogP contribution in [0.1, 0.15) is 17.5 Å². The first-order valence-corrected chi connectivity index (χ1v) is 7.99. The van der Waals surface area contributed by atoms with E-state index >= 15 is 0 Å². The number of carbonyl (C=O) groups excluding carboxylic acids is 1. The van der Waals surface area contributed by atoms with Crippen LogP contribution < -0.4 is 0 Å². The van der Waals surface area contributed by atoms with Crippen molar-refractivity contribution in [2.75, 3.05) is 6.54 Å². The van der Waals surface area contributed by atoms with Gasteiger partial charge in [0.15, 0.2) is 5.78 Å². The second-order valence-corrected chi connectivity index (χ2v) is 6.21. The summed E-state index contributed by atoms with van der Waals surface area (Å²) in [5.41, 5.74) is 2.52. The maximum Gasteiger partial charge on any atom is 0.184 e. The zero-order chi connectivity index (χ0) is 15.5. The summed E-state index contributed by atoms with van der Waals surface area (Å²) in [7, 11) is 0. The van der Waals surface area contributed by atoms with Gasteiger partial charge in [-0.15, -0.1) is 0 Å². The molecule has 22 heavy (non-hydrogen) atoms. The highest BCUT2D eigenvalue weighted by atomic mass is 35.5. The first-order chi connectivity index (χ1) is 10.6. The fourth-order valence-corrected chi connectivity index (χ4v) is 3.03. The lowest BCUT2D eigenvalue weighted by Gasteiger charge is -2.21. The molecule has 4 heteroatoms. The third-order valence-electron chi connectivity index (χ3n) is 3.87. The fraction of sp³-hybridized carbons (Fsp3) is 0.222. The highest BCUT2D eigenvalue weighted by Crippen LogP contribution is 2.26. The molecule has 0 N–H and O–H groups in total. The van der Waals surface area contributed by atoms with E-state index < -0.39 is 0 Å². The minimum Gasteiger partial charge on any atom is -0.292 e. The van der Waals surface area contributed by atoms with Crippen LogP contribution in [0.25, 0.3) is 0 Å². The Bertz CT molecular complexity index is 725. The van der Waals surface area contributed by atoms with Crippen molar-refractivity contribution >= 4 is 34.7 Å². The zero-order valence-corrected chi connectivity index (χ0v) is 13.4. The quantitative estimate of drug-likeness (QED) is 0.807. The van der Waals surface area contributed by atoms with Gasteiger partial charge in [-0.3, -0.25) is 9.79 Å². The Kier molecular flexibility index (Phi) is 4.60. The lowest BCUT2D eigenvalue weighted by molar-refractivity contribution is -0.116. The molecule has 0 radical (unpaired) electrons. The van der Waals surface area contributed by atoms with Crippen molar-refractivity contribution in [3.05, 3.63) is 69.7 Å². The van der Waals surface area contributed by atoms with Crippen molar-refractivity contribution in [3.63, 3.8) is 0 Å². The third kappa shape index (κ3) is 3.23. The van der Waals surface area contributed by atoms with Gasteiger partial charge in [0.25, 0.3) is 0 Å². The van der Waals surface area contributed by atoms with Crippen molar-refractivity contribution in [1.29, 1.82) is 0 Å². The van der Waals surface area contributed by atoms with Crippen molar-refractivity contribution in [2.24, 2.45) is 10.9 Å². The van der Waals surface area contributed by atoms with Crippen LogP contribution in [-0.4, -0.2) is 18.0 Å². The van der Waals surface area contributed by atoms with Crippen molar-refractivity contribution < 1.29 is 4.79 Å². The van der Waals surface area contributed by atoms with Crippen molar-refractivity contribution in [3.8, 4) is 0 Å². The number of Topliss-reactive ketones (excluding diaryl/α,β-unsaturated/α-hetero) is 1. The van der Waals surface area contributed by atoms with Crippen LogP contribution in [0.3, 0.4) is 0 Å². The number of rotatable bonds is 3. The third-order valence-corrected chi connectivity index (χ3v) is 4.60. The second-order valence-electron chi connectivity index (χ2n) is 5.40. The minimum atomic E-state index is -0.0510. The first-order valence-electron chi connectivity index (χ1n) is 7.23. The SMILES string of the molecule is O=C1C(c2ccccc2)=NCCC1Cc1ccc(Cl)c(Cl)c1. The van der Waals surface area contributed by atoms with Gasteiger partial charge in [0.2, 0.25) is 0 Å². The van der Waals surface area contributed by atoms with Gasteiger partial charge >= 0.3 is 0 Å². The summed E-state index contributed by atoms with van der Waals surface area (Å²) in [6.45, 7) is 0.682. The lowest BCUT2D eigenvalue weighted by Crippen LogP contribution is -2.31. The Morgan fingerprint density at radius 1 is 1.05 bits per heavy atom. The van der Waals surface area contributed by atoms with E-state index in [0.29, 0.717) is 28.7 Å². The average molecular weight is 332 g/mol. The molecule has 0 aliphatic carbocycles. The Morgan fingerprint density at radius 2 is 1.82 bits per heavy atom. The molecule has 0 saturated carbocycles. The molecule has 0 bridgehead atoms. The van der Waals surface area contributed by atoms with Gasteiger partial charge in [-0.05, 0) is 30.5 Å². The molecule has 1 heterocycles. The van der Waals surface area contributed by atoms with Gasteiger partial charge in [0.05, 0.1) is 10.0 Å². The van der Waals surface area contributed by atoms with Crippen molar-refractivity contribution in [1.82, 2.24) is 0 Å². The summed E-state index contributed by atoms with van der Waals surface area (Å²) >= 11 is 12.0. The summed E-state index contributed by atoms with van der Waals surface area (Å²) in [4.78, 5) is 17.1. The number of benzene rings is 2. The van der Waals surface area contributed by atoms with Gasteiger partial charge in [-0.1, -0.05) is 59.6 Å². The topological polar surface area (TPSA) is 29.4 Å². The smallest absolute Gasteiger partial charge is 0.184 e. The maximum atomic E-state index is 12.7. The van der Waals surface area contributed by atoms with Crippen LogP contribution in [0.2, 0.25) is 10.0 Å². The maximum absolute atomic E-state index is 12.7. The predicted molar refractivity (Wildman–Crippen MR) is 91.1 cm³/mol. The van der Waals surface area contributed by atoms with Crippen LogP contribution in [0.15, 0.2) is 53.5 Å². The molecule has 0 aromatic heterocycles. The standard InChI is InChI=1S/C18H15Cl2NO/c19-15-7-6-12(11-16(15)20)10-14-8-9-21-17(18(14)22)13-4-2-1-3-5-13/h1-7,11,14H,8-10H2. The normalized spacial score (nSPS) is 18.2. The van der Waals surface area contributed by atoms with Gasteiger partial charge in [0.1, 0.15) is 5.71 Å². The molecular weight excluding hydrogens is 317 g/mol. The minimum absolute atomic E-state index is 0.0510. The van der Waals surface area contributed by atoms with E-state index in [1.54, 1.807) is 6.07 Å². The number of halogens is 2. The Labute approximate surface area is 139 Å².